The van der Waals surface area contributed by atoms with Crippen molar-refractivity contribution in [2.45, 2.75) is 46.6 Å². The Balaban J connectivity index is 2.52. The van der Waals surface area contributed by atoms with Crippen molar-refractivity contribution < 1.29 is 14.7 Å². The molecule has 1 rings (SSSR count). The number of hydrogen-bond acceptors (Lipinski definition) is 3. The number of urea groups is 1. The lowest BCUT2D eigenvalue weighted by Gasteiger charge is -2.29. The summed E-state index contributed by atoms with van der Waals surface area (Å²) in [6, 6.07) is -0.0109. The van der Waals surface area contributed by atoms with Crippen LogP contribution < -0.4 is 5.32 Å². The molecular weight excluding hydrogens is 288 g/mol. The summed E-state index contributed by atoms with van der Waals surface area (Å²) in [4.78, 5) is 25.5. The fourth-order valence-electron chi connectivity index (χ4n) is 2.68. The molecule has 6 heteroatoms. The Morgan fingerprint density at radius 3 is 2.52 bits per heavy atom. The van der Waals surface area contributed by atoms with E-state index in [1.54, 1.807) is 4.90 Å². The van der Waals surface area contributed by atoms with Gasteiger partial charge in [0.2, 0.25) is 0 Å². The topological polar surface area (TPSA) is 69.6 Å². The van der Waals surface area contributed by atoms with E-state index in [2.05, 4.69) is 12.2 Å². The van der Waals surface area contributed by atoms with Crippen LogP contribution in [0.3, 0.4) is 0 Å². The standard InChI is InChI=1S/C15H28N2O3S/c1-5-21-9-6-12(4)16-14(20)17-8-7-15(10-17,11(2)3)13(18)19/h11-12H,5-10H2,1-4H3,(H,16,20)(H,18,19). The zero-order chi connectivity index (χ0) is 16.0. The van der Waals surface area contributed by atoms with Crippen LogP contribution >= 0.6 is 11.8 Å². The normalized spacial score (nSPS) is 23.4. The van der Waals surface area contributed by atoms with Gasteiger partial charge in [0.05, 0.1) is 5.41 Å². The number of nitrogens with one attached hydrogen (secondary N) is 1. The minimum Gasteiger partial charge on any atom is -0.481 e. The maximum Gasteiger partial charge on any atom is 0.317 e. The van der Waals surface area contributed by atoms with Gasteiger partial charge in [0.15, 0.2) is 0 Å². The summed E-state index contributed by atoms with van der Waals surface area (Å²) in [5.41, 5.74) is -0.793. The van der Waals surface area contributed by atoms with Gasteiger partial charge in [0, 0.05) is 19.1 Å². The van der Waals surface area contributed by atoms with E-state index < -0.39 is 11.4 Å². The Labute approximate surface area is 131 Å². The van der Waals surface area contributed by atoms with Crippen molar-refractivity contribution in [3.63, 3.8) is 0 Å². The number of likely N-dealkylation sites (tertiary alicyclic amines) is 1. The number of rotatable bonds is 7. The highest BCUT2D eigenvalue weighted by Gasteiger charge is 2.48. The van der Waals surface area contributed by atoms with E-state index in [0.29, 0.717) is 19.5 Å². The highest BCUT2D eigenvalue weighted by molar-refractivity contribution is 7.99. The van der Waals surface area contributed by atoms with Crippen LogP contribution in [-0.4, -0.2) is 52.6 Å². The number of nitrogens with zero attached hydrogens (tertiary/aromatic N) is 1. The molecule has 2 unspecified atom stereocenters. The molecule has 122 valence electrons. The smallest absolute Gasteiger partial charge is 0.317 e. The molecule has 1 aliphatic rings. The zero-order valence-corrected chi connectivity index (χ0v) is 14.3. The van der Waals surface area contributed by atoms with Gasteiger partial charge < -0.3 is 15.3 Å². The number of carboxylic acid groups (broad SMARTS) is 1. The third kappa shape index (κ3) is 4.53. The fraction of sp³-hybridized carbons (Fsp3) is 0.867. The number of amides is 2. The second-order valence-corrected chi connectivity index (χ2v) is 7.52. The average Bonchev–Trinajstić information content (AvgIpc) is 2.85. The molecule has 0 aliphatic carbocycles. The van der Waals surface area contributed by atoms with Gasteiger partial charge in [-0.3, -0.25) is 4.79 Å². The lowest BCUT2D eigenvalue weighted by Crippen LogP contribution is -2.46. The SMILES string of the molecule is CCSCCC(C)NC(=O)N1CCC(C(=O)O)(C(C)C)C1. The molecule has 1 saturated heterocycles. The van der Waals surface area contributed by atoms with Gasteiger partial charge in [0.1, 0.15) is 0 Å². The minimum atomic E-state index is -0.793. The van der Waals surface area contributed by atoms with Gasteiger partial charge in [0.25, 0.3) is 0 Å². The summed E-state index contributed by atoms with van der Waals surface area (Å²) >= 11 is 1.86. The first-order chi connectivity index (χ1) is 9.83. The van der Waals surface area contributed by atoms with E-state index in [1.807, 2.05) is 32.5 Å². The van der Waals surface area contributed by atoms with E-state index in [-0.39, 0.29) is 18.0 Å². The van der Waals surface area contributed by atoms with Gasteiger partial charge in [-0.2, -0.15) is 11.8 Å². The summed E-state index contributed by atoms with van der Waals surface area (Å²) < 4.78 is 0. The molecular formula is C15H28N2O3S. The predicted octanol–water partition coefficient (Wildman–Crippen LogP) is 2.66. The fourth-order valence-corrected chi connectivity index (χ4v) is 3.49. The molecule has 1 fully saturated rings. The van der Waals surface area contributed by atoms with Crippen LogP contribution in [-0.2, 0) is 4.79 Å². The molecule has 0 aromatic heterocycles. The highest BCUT2D eigenvalue weighted by atomic mass is 32.2. The van der Waals surface area contributed by atoms with Crippen molar-refractivity contribution in [2.75, 3.05) is 24.6 Å². The molecule has 2 atom stereocenters. The summed E-state index contributed by atoms with van der Waals surface area (Å²) in [5.74, 6) is 1.34. The van der Waals surface area contributed by atoms with E-state index in [1.165, 1.54) is 0 Å². The highest BCUT2D eigenvalue weighted by Crippen LogP contribution is 2.38. The summed E-state index contributed by atoms with van der Waals surface area (Å²) in [5, 5.41) is 12.5. The van der Waals surface area contributed by atoms with Crippen molar-refractivity contribution in [1.82, 2.24) is 10.2 Å². The first-order valence-electron chi connectivity index (χ1n) is 7.70. The van der Waals surface area contributed by atoms with Crippen molar-refractivity contribution in [3.05, 3.63) is 0 Å². The van der Waals surface area contributed by atoms with E-state index in [9.17, 15) is 14.7 Å². The third-order valence-corrected chi connectivity index (χ3v) is 5.32. The van der Waals surface area contributed by atoms with Crippen molar-refractivity contribution in [1.29, 1.82) is 0 Å². The summed E-state index contributed by atoms with van der Waals surface area (Å²) in [7, 11) is 0. The quantitative estimate of drug-likeness (QED) is 0.709. The van der Waals surface area contributed by atoms with E-state index in [0.717, 1.165) is 17.9 Å². The molecule has 0 radical (unpaired) electrons. The van der Waals surface area contributed by atoms with Gasteiger partial charge in [-0.1, -0.05) is 20.8 Å². The van der Waals surface area contributed by atoms with Crippen LogP contribution in [0.15, 0.2) is 0 Å². The second kappa shape index (κ2) is 7.92. The van der Waals surface area contributed by atoms with Crippen molar-refractivity contribution >= 4 is 23.8 Å². The molecule has 0 saturated carbocycles. The molecule has 0 bridgehead atoms. The monoisotopic (exact) mass is 316 g/mol. The Hall–Kier alpha value is -0.910. The van der Waals surface area contributed by atoms with Crippen LogP contribution in [0, 0.1) is 11.3 Å². The molecule has 1 aliphatic heterocycles. The Kier molecular flexibility index (Phi) is 6.84. The lowest BCUT2D eigenvalue weighted by atomic mass is 9.76. The van der Waals surface area contributed by atoms with E-state index in [4.69, 9.17) is 0 Å². The maximum absolute atomic E-state index is 12.2. The van der Waals surface area contributed by atoms with Crippen molar-refractivity contribution in [2.24, 2.45) is 11.3 Å². The van der Waals surface area contributed by atoms with E-state index >= 15 is 0 Å². The molecule has 0 aromatic carbocycles. The lowest BCUT2D eigenvalue weighted by molar-refractivity contribution is -0.150. The minimum absolute atomic E-state index is 0.0196. The van der Waals surface area contributed by atoms with Crippen molar-refractivity contribution in [3.8, 4) is 0 Å². The van der Waals surface area contributed by atoms with Crippen LogP contribution in [0.2, 0.25) is 0 Å². The average molecular weight is 316 g/mol. The number of carboxylic acids is 1. The number of aliphatic carboxylic acids is 1. The number of thioether (sulfide) groups is 1. The van der Waals surface area contributed by atoms with Crippen LogP contribution in [0.4, 0.5) is 4.79 Å². The predicted molar refractivity (Wildman–Crippen MR) is 86.7 cm³/mol. The number of carbonyl (C=O) groups excluding carboxylic acids is 1. The second-order valence-electron chi connectivity index (χ2n) is 6.12. The Bertz CT molecular complexity index is 376. The zero-order valence-electron chi connectivity index (χ0n) is 13.5. The maximum atomic E-state index is 12.2. The Morgan fingerprint density at radius 2 is 2.05 bits per heavy atom. The van der Waals surface area contributed by atoms with Gasteiger partial charge in [-0.05, 0) is 37.2 Å². The molecule has 0 aromatic rings. The van der Waals surface area contributed by atoms with Gasteiger partial charge in [-0.15, -0.1) is 0 Å². The molecule has 2 N–H and O–H groups in total. The number of carbonyl (C=O) groups is 2. The van der Waals surface area contributed by atoms with Crippen LogP contribution in [0.1, 0.15) is 40.5 Å². The molecule has 1 heterocycles. The van der Waals surface area contributed by atoms with Gasteiger partial charge in [-0.25, -0.2) is 4.79 Å². The van der Waals surface area contributed by atoms with Crippen LogP contribution in [0.5, 0.6) is 0 Å². The molecule has 2 amide bonds. The first-order valence-corrected chi connectivity index (χ1v) is 8.85. The summed E-state index contributed by atoms with van der Waals surface area (Å²) in [6.07, 6.45) is 1.47. The van der Waals surface area contributed by atoms with Crippen LogP contribution in [0.25, 0.3) is 0 Å². The third-order valence-electron chi connectivity index (χ3n) is 4.39. The summed E-state index contributed by atoms with van der Waals surface area (Å²) in [6.45, 7) is 8.78. The largest absolute Gasteiger partial charge is 0.481 e. The Morgan fingerprint density at radius 1 is 1.38 bits per heavy atom. The van der Waals surface area contributed by atoms with Gasteiger partial charge >= 0.3 is 12.0 Å². The first kappa shape index (κ1) is 18.1. The molecule has 0 spiro atoms. The number of hydrogen-bond donors (Lipinski definition) is 2. The molecule has 21 heavy (non-hydrogen) atoms. The molecule has 5 nitrogen and oxygen atoms in total.